The van der Waals surface area contributed by atoms with Gasteiger partial charge in [0, 0.05) is 26.7 Å². The maximum atomic E-state index is 6.13. The fourth-order valence-electron chi connectivity index (χ4n) is 2.90. The zero-order chi connectivity index (χ0) is 17.0. The number of guanidine groups is 1. The van der Waals surface area contributed by atoms with E-state index in [9.17, 15) is 0 Å². The molecule has 1 fully saturated rings. The Morgan fingerprint density at radius 3 is 2.79 bits per heavy atom. The summed E-state index contributed by atoms with van der Waals surface area (Å²) >= 11 is 0. The van der Waals surface area contributed by atoms with Crippen molar-refractivity contribution >= 4 is 5.96 Å². The normalized spacial score (nSPS) is 16.0. The van der Waals surface area contributed by atoms with Crippen molar-refractivity contribution in [1.82, 2.24) is 10.6 Å². The monoisotopic (exact) mass is 333 g/mol. The van der Waals surface area contributed by atoms with Gasteiger partial charge in [-0.15, -0.1) is 0 Å². The first-order chi connectivity index (χ1) is 11.8. The Kier molecular flexibility index (Phi) is 8.46. The van der Waals surface area contributed by atoms with Gasteiger partial charge in [-0.1, -0.05) is 18.6 Å². The van der Waals surface area contributed by atoms with Crippen LogP contribution in [0.3, 0.4) is 0 Å². The molecule has 1 aliphatic rings. The standard InChI is InChI=1S/C19H31N3O2/c1-3-23-13-12-21-19(20-2)22-15-16-8-7-11-18(14-16)24-17-9-5-4-6-10-17/h7-8,11,14,17H,3-6,9-10,12-13,15H2,1-2H3,(H2,20,21,22). The summed E-state index contributed by atoms with van der Waals surface area (Å²) < 4.78 is 11.4. The first kappa shape index (κ1) is 18.6. The molecule has 0 aliphatic heterocycles. The largest absolute Gasteiger partial charge is 0.490 e. The summed E-state index contributed by atoms with van der Waals surface area (Å²) in [6.07, 6.45) is 6.66. The van der Waals surface area contributed by atoms with Gasteiger partial charge >= 0.3 is 0 Å². The van der Waals surface area contributed by atoms with Gasteiger partial charge in [-0.25, -0.2) is 0 Å². The van der Waals surface area contributed by atoms with Gasteiger partial charge in [0.15, 0.2) is 5.96 Å². The predicted molar refractivity (Wildman–Crippen MR) is 98.6 cm³/mol. The lowest BCUT2D eigenvalue weighted by molar-refractivity contribution is 0.152. The van der Waals surface area contributed by atoms with Crippen LogP contribution in [0.4, 0.5) is 0 Å². The van der Waals surface area contributed by atoms with E-state index in [4.69, 9.17) is 9.47 Å². The molecule has 0 spiro atoms. The van der Waals surface area contributed by atoms with Crippen molar-refractivity contribution in [3.05, 3.63) is 29.8 Å². The van der Waals surface area contributed by atoms with Gasteiger partial charge in [0.2, 0.25) is 0 Å². The molecule has 24 heavy (non-hydrogen) atoms. The number of hydrogen-bond acceptors (Lipinski definition) is 3. The third-order valence-electron chi connectivity index (χ3n) is 4.18. The highest BCUT2D eigenvalue weighted by atomic mass is 16.5. The third-order valence-corrected chi connectivity index (χ3v) is 4.18. The number of rotatable bonds is 8. The van der Waals surface area contributed by atoms with Crippen LogP contribution in [0.25, 0.3) is 0 Å². The molecule has 134 valence electrons. The van der Waals surface area contributed by atoms with Crippen molar-refractivity contribution in [2.45, 2.75) is 51.7 Å². The second-order valence-corrected chi connectivity index (χ2v) is 6.07. The highest BCUT2D eigenvalue weighted by molar-refractivity contribution is 5.79. The molecule has 2 rings (SSSR count). The molecule has 5 heteroatoms. The van der Waals surface area contributed by atoms with Crippen molar-refractivity contribution < 1.29 is 9.47 Å². The molecule has 1 saturated carbocycles. The van der Waals surface area contributed by atoms with Crippen LogP contribution in [0.1, 0.15) is 44.6 Å². The van der Waals surface area contributed by atoms with E-state index in [0.29, 0.717) is 12.7 Å². The SMILES string of the molecule is CCOCCNC(=NC)NCc1cccc(OC2CCCCC2)c1. The molecule has 0 radical (unpaired) electrons. The molecule has 0 atom stereocenters. The van der Waals surface area contributed by atoms with Gasteiger partial charge in [0.25, 0.3) is 0 Å². The van der Waals surface area contributed by atoms with E-state index in [1.807, 2.05) is 13.0 Å². The Morgan fingerprint density at radius 2 is 2.04 bits per heavy atom. The smallest absolute Gasteiger partial charge is 0.191 e. The van der Waals surface area contributed by atoms with E-state index >= 15 is 0 Å². The van der Waals surface area contributed by atoms with E-state index < -0.39 is 0 Å². The van der Waals surface area contributed by atoms with Crippen LogP contribution >= 0.6 is 0 Å². The molecular formula is C19H31N3O2. The summed E-state index contributed by atoms with van der Waals surface area (Å²) in [4.78, 5) is 4.22. The van der Waals surface area contributed by atoms with Crippen molar-refractivity contribution in [2.24, 2.45) is 4.99 Å². The van der Waals surface area contributed by atoms with E-state index in [1.54, 1.807) is 7.05 Å². The van der Waals surface area contributed by atoms with Crippen molar-refractivity contribution in [3.8, 4) is 5.75 Å². The first-order valence-electron chi connectivity index (χ1n) is 9.09. The van der Waals surface area contributed by atoms with Gasteiger partial charge in [-0.3, -0.25) is 4.99 Å². The summed E-state index contributed by atoms with van der Waals surface area (Å²) in [6, 6.07) is 8.33. The maximum Gasteiger partial charge on any atom is 0.191 e. The van der Waals surface area contributed by atoms with Gasteiger partial charge in [0.05, 0.1) is 12.7 Å². The average molecular weight is 333 g/mol. The molecule has 0 heterocycles. The average Bonchev–Trinajstić information content (AvgIpc) is 2.62. The summed E-state index contributed by atoms with van der Waals surface area (Å²) in [5, 5.41) is 6.56. The van der Waals surface area contributed by atoms with Crippen LogP contribution in [-0.4, -0.2) is 38.9 Å². The number of nitrogens with one attached hydrogen (secondary N) is 2. The number of benzene rings is 1. The molecule has 0 saturated heterocycles. The fraction of sp³-hybridized carbons (Fsp3) is 0.632. The molecule has 5 nitrogen and oxygen atoms in total. The molecule has 0 aromatic heterocycles. The predicted octanol–water partition coefficient (Wildman–Crippen LogP) is 3.10. The molecule has 0 unspecified atom stereocenters. The third kappa shape index (κ3) is 6.79. The second-order valence-electron chi connectivity index (χ2n) is 6.07. The molecule has 0 amide bonds. The Hall–Kier alpha value is -1.75. The van der Waals surface area contributed by atoms with Gasteiger partial charge in [-0.2, -0.15) is 0 Å². The molecule has 1 aliphatic carbocycles. The zero-order valence-electron chi connectivity index (χ0n) is 15.0. The van der Waals surface area contributed by atoms with Crippen LogP contribution in [0, 0.1) is 0 Å². The second kappa shape index (κ2) is 10.9. The van der Waals surface area contributed by atoms with Crippen molar-refractivity contribution in [3.63, 3.8) is 0 Å². The van der Waals surface area contributed by atoms with Crippen molar-refractivity contribution in [1.29, 1.82) is 0 Å². The van der Waals surface area contributed by atoms with E-state index in [1.165, 1.54) is 37.7 Å². The lowest BCUT2D eigenvalue weighted by Gasteiger charge is -2.23. The number of aliphatic imine (C=N–C) groups is 1. The van der Waals surface area contributed by atoms with Crippen LogP contribution in [0.2, 0.25) is 0 Å². The molecular weight excluding hydrogens is 302 g/mol. The minimum atomic E-state index is 0.384. The van der Waals surface area contributed by atoms with E-state index in [0.717, 1.165) is 31.4 Å². The topological polar surface area (TPSA) is 54.9 Å². The summed E-state index contributed by atoms with van der Waals surface area (Å²) in [7, 11) is 1.78. The Morgan fingerprint density at radius 1 is 1.21 bits per heavy atom. The lowest BCUT2D eigenvalue weighted by atomic mass is 9.98. The van der Waals surface area contributed by atoms with Crippen LogP contribution in [0.15, 0.2) is 29.3 Å². The molecule has 1 aromatic rings. The molecule has 1 aromatic carbocycles. The first-order valence-corrected chi connectivity index (χ1v) is 9.09. The van der Waals surface area contributed by atoms with Crippen LogP contribution in [-0.2, 0) is 11.3 Å². The van der Waals surface area contributed by atoms with Crippen LogP contribution in [0.5, 0.6) is 5.75 Å². The zero-order valence-corrected chi connectivity index (χ0v) is 15.0. The van der Waals surface area contributed by atoms with E-state index in [-0.39, 0.29) is 0 Å². The van der Waals surface area contributed by atoms with Gasteiger partial charge in [0.1, 0.15) is 5.75 Å². The maximum absolute atomic E-state index is 6.13. The molecule has 2 N–H and O–H groups in total. The number of ether oxygens (including phenoxy) is 2. The van der Waals surface area contributed by atoms with Crippen molar-refractivity contribution in [2.75, 3.05) is 26.8 Å². The van der Waals surface area contributed by atoms with Crippen LogP contribution < -0.4 is 15.4 Å². The minimum Gasteiger partial charge on any atom is -0.490 e. The van der Waals surface area contributed by atoms with Gasteiger partial charge < -0.3 is 20.1 Å². The van der Waals surface area contributed by atoms with E-state index in [2.05, 4.69) is 33.8 Å². The number of nitrogens with zero attached hydrogens (tertiary/aromatic N) is 1. The highest BCUT2D eigenvalue weighted by Crippen LogP contribution is 2.23. The molecule has 0 bridgehead atoms. The highest BCUT2D eigenvalue weighted by Gasteiger charge is 2.14. The summed E-state index contributed by atoms with van der Waals surface area (Å²) in [6.45, 7) is 4.88. The number of hydrogen-bond donors (Lipinski definition) is 2. The van der Waals surface area contributed by atoms with Gasteiger partial charge in [-0.05, 0) is 50.3 Å². The Bertz CT molecular complexity index is 499. The lowest BCUT2D eigenvalue weighted by Crippen LogP contribution is -2.38. The Balaban J connectivity index is 1.78. The fourth-order valence-corrected chi connectivity index (χ4v) is 2.90. The summed E-state index contributed by atoms with van der Waals surface area (Å²) in [5.41, 5.74) is 1.19. The quantitative estimate of drug-likeness (QED) is 0.436. The summed E-state index contributed by atoms with van der Waals surface area (Å²) in [5.74, 6) is 1.76. The Labute approximate surface area is 145 Å². The minimum absolute atomic E-state index is 0.384.